The highest BCUT2D eigenvalue weighted by Crippen LogP contribution is 2.63. The summed E-state index contributed by atoms with van der Waals surface area (Å²) in [4.78, 5) is 48.3. The van der Waals surface area contributed by atoms with Gasteiger partial charge in [-0.25, -0.2) is 0 Å². The zero-order valence-electron chi connectivity index (χ0n) is 30.8. The molecule has 0 aromatic rings. The first-order chi connectivity index (χ1) is 23.6. The second-order valence-corrected chi connectivity index (χ2v) is 16.1. The zero-order valence-corrected chi connectivity index (χ0v) is 30.8. The smallest absolute Gasteiger partial charge is 0.399 e. The number of hydrogen-bond donors (Lipinski definition) is 0. The highest BCUT2D eigenvalue weighted by molar-refractivity contribution is 5.79. The van der Waals surface area contributed by atoms with Gasteiger partial charge in [-0.3, -0.25) is 19.2 Å². The molecule has 10 nitrogen and oxygen atoms in total. The molecular weight excluding hydrogens is 761 g/mol. The maximum absolute atomic E-state index is 13.6. The van der Waals surface area contributed by atoms with Crippen molar-refractivity contribution in [2.24, 2.45) is 28.1 Å². The quantitative estimate of drug-likeness (QED) is 0.0813. The maximum atomic E-state index is 13.6. The summed E-state index contributed by atoms with van der Waals surface area (Å²) in [5.41, 5.74) is -2.88. The summed E-state index contributed by atoms with van der Waals surface area (Å²) in [6, 6.07) is 0. The summed E-state index contributed by atoms with van der Waals surface area (Å²) >= 11 is 0. The van der Waals surface area contributed by atoms with Crippen LogP contribution < -0.4 is 0 Å². The molecule has 4 saturated carbocycles. The molecule has 5 aliphatic rings. The van der Waals surface area contributed by atoms with Crippen molar-refractivity contribution >= 4 is 23.9 Å². The van der Waals surface area contributed by atoms with Gasteiger partial charge in [0, 0.05) is 6.42 Å². The Labute approximate surface area is 328 Å². The molecule has 4 aliphatic carbocycles. The Morgan fingerprint density at radius 3 is 1.59 bits per heavy atom. The van der Waals surface area contributed by atoms with E-state index in [0.717, 1.165) is 6.42 Å². The van der Waals surface area contributed by atoms with Crippen molar-refractivity contribution in [2.45, 2.75) is 165 Å². The van der Waals surface area contributed by atoms with E-state index in [2.05, 4.69) is 4.74 Å². The van der Waals surface area contributed by atoms with Gasteiger partial charge in [-0.05, 0) is 91.4 Å². The zero-order chi connectivity index (χ0) is 39.6. The average Bonchev–Trinajstić information content (AvgIpc) is 3.10. The van der Waals surface area contributed by atoms with E-state index in [1.807, 2.05) is 27.7 Å². The first-order valence-corrected chi connectivity index (χ1v) is 17.5. The lowest BCUT2D eigenvalue weighted by molar-refractivity contribution is -0.254. The third kappa shape index (κ3) is 13.7. The minimum absolute atomic E-state index is 0. The summed E-state index contributed by atoms with van der Waals surface area (Å²) in [6.45, 7) is 7.67. The van der Waals surface area contributed by atoms with Crippen molar-refractivity contribution in [3.05, 3.63) is 0 Å². The molecule has 2 atom stereocenters. The van der Waals surface area contributed by atoms with Crippen LogP contribution in [0.3, 0.4) is 0 Å². The highest BCUT2D eigenvalue weighted by Gasteiger charge is 2.64. The summed E-state index contributed by atoms with van der Waals surface area (Å²) in [7, 11) is 0. The Morgan fingerprint density at radius 2 is 1.14 bits per heavy atom. The van der Waals surface area contributed by atoms with Crippen LogP contribution in [0.4, 0.5) is 30.7 Å². The monoisotopic (exact) mass is 828 g/mol. The molecule has 1 saturated heterocycles. The molecule has 5 rings (SSSR count). The van der Waals surface area contributed by atoms with E-state index in [0.29, 0.717) is 44.9 Å². The van der Waals surface area contributed by atoms with Crippen LogP contribution in [0, 0.1) is 28.1 Å². The predicted octanol–water partition coefficient (Wildman–Crippen LogP) is 9.89. The lowest BCUT2D eigenvalue weighted by Gasteiger charge is -2.60. The van der Waals surface area contributed by atoms with Crippen LogP contribution in [-0.4, -0.2) is 86.3 Å². The van der Waals surface area contributed by atoms with Crippen LogP contribution in [0.15, 0.2) is 0 Å². The van der Waals surface area contributed by atoms with Crippen LogP contribution in [0.25, 0.3) is 0 Å². The van der Waals surface area contributed by atoms with Gasteiger partial charge in [-0.2, -0.15) is 30.7 Å². The molecule has 0 aromatic carbocycles. The Kier molecular flexibility index (Phi) is 19.6. The number of hydrogen-bond acceptors (Lipinski definition) is 10. The van der Waals surface area contributed by atoms with Crippen molar-refractivity contribution in [3.8, 4) is 0 Å². The molecule has 0 spiro atoms. The lowest BCUT2D eigenvalue weighted by atomic mass is 9.48. The second-order valence-electron chi connectivity index (χ2n) is 16.1. The Morgan fingerprint density at radius 1 is 0.696 bits per heavy atom. The molecule has 0 N–H and O–H groups in total. The van der Waals surface area contributed by atoms with Gasteiger partial charge in [0.15, 0.2) is 0 Å². The molecule has 17 heteroatoms. The van der Waals surface area contributed by atoms with Crippen molar-refractivity contribution in [2.75, 3.05) is 33.0 Å². The molecule has 1 aliphatic heterocycles. The second kappa shape index (κ2) is 19.8. The number of carbonyl (C=O) groups excluding carboxylic acids is 4. The molecule has 1 heterocycles. The maximum Gasteiger partial charge on any atom is 0.399 e. The fourth-order valence-corrected chi connectivity index (χ4v) is 7.03. The van der Waals surface area contributed by atoms with Gasteiger partial charge in [0.25, 0.3) is 0 Å². The van der Waals surface area contributed by atoms with Crippen LogP contribution in [0.1, 0.15) is 136 Å². The number of esters is 4. The van der Waals surface area contributed by atoms with E-state index >= 15 is 0 Å². The van der Waals surface area contributed by atoms with E-state index < -0.39 is 89.8 Å². The fourth-order valence-electron chi connectivity index (χ4n) is 7.03. The number of halogens is 7. The van der Waals surface area contributed by atoms with Crippen LogP contribution in [0.2, 0.25) is 0 Å². The molecule has 0 amide bonds. The van der Waals surface area contributed by atoms with Crippen LogP contribution >= 0.6 is 0 Å². The first kappa shape index (κ1) is 55.4. The standard InChI is InChI=1S/C24H34F4O6.C11H17F3O4.4CH4/c1-5-19(2,3)17(29)34-22-9-15-6-16(10-22)8-21(7-15,11-22)18(30)31-12-20(4)32-13-23(25,26)24(27,28)14-33-20;1-4-10(2,3)9(16)18-6-5-17-8(15)7-11(12,13)14;;;;/h15-16H,5-14H2,1-4H3;4-7H2,1-3H3;4*1H4. The molecule has 2 unspecified atom stereocenters. The minimum Gasteiger partial charge on any atom is -0.462 e. The molecule has 0 aromatic heterocycles. The van der Waals surface area contributed by atoms with E-state index in [1.54, 1.807) is 13.8 Å². The molecular formula is C39H67F7O10. The lowest BCUT2D eigenvalue weighted by Crippen LogP contribution is -2.60. The van der Waals surface area contributed by atoms with E-state index in [4.69, 9.17) is 23.7 Å². The van der Waals surface area contributed by atoms with Crippen molar-refractivity contribution < 1.29 is 78.3 Å². The summed E-state index contributed by atoms with van der Waals surface area (Å²) in [6.07, 6.45) is -1.14. The topological polar surface area (TPSA) is 124 Å². The van der Waals surface area contributed by atoms with E-state index in [9.17, 15) is 49.9 Å². The molecule has 0 radical (unpaired) electrons. The van der Waals surface area contributed by atoms with Gasteiger partial charge in [0.05, 0.1) is 16.2 Å². The Balaban J connectivity index is 0. The summed E-state index contributed by atoms with van der Waals surface area (Å²) < 4.78 is 120. The molecule has 56 heavy (non-hydrogen) atoms. The van der Waals surface area contributed by atoms with Crippen molar-refractivity contribution in [1.29, 1.82) is 0 Å². The number of carbonyl (C=O) groups is 4. The van der Waals surface area contributed by atoms with Crippen LogP contribution in [-0.2, 0) is 47.6 Å². The number of alkyl halides is 7. The molecule has 4 bridgehead atoms. The normalized spacial score (nSPS) is 26.8. The van der Waals surface area contributed by atoms with Crippen LogP contribution in [0.5, 0.6) is 0 Å². The number of rotatable bonds is 12. The highest BCUT2D eigenvalue weighted by atomic mass is 19.4. The summed E-state index contributed by atoms with van der Waals surface area (Å²) in [5.74, 6) is -13.0. The SMILES string of the molecule is C.C.C.C.CCC(C)(C)C(=O)OC12CC3CC(C1)CC(C(=O)OCC1(C)OCC(F)(F)C(F)(F)CO1)(C3)C2.CCC(C)(C)C(=O)OCCOC(=O)CC(F)(F)F. The van der Waals surface area contributed by atoms with Gasteiger partial charge in [0.1, 0.15) is 45.1 Å². The largest absolute Gasteiger partial charge is 0.462 e. The Bertz CT molecular complexity index is 1280. The number of ether oxygens (including phenoxy) is 6. The molecule has 332 valence electrons. The van der Waals surface area contributed by atoms with Gasteiger partial charge in [-0.1, -0.05) is 43.6 Å². The van der Waals surface area contributed by atoms with E-state index in [-0.39, 0.29) is 60.7 Å². The van der Waals surface area contributed by atoms with Gasteiger partial charge in [0.2, 0.25) is 5.79 Å². The first-order valence-electron chi connectivity index (χ1n) is 17.5. The third-order valence-corrected chi connectivity index (χ3v) is 10.7. The minimum atomic E-state index is -4.59. The van der Waals surface area contributed by atoms with Crippen molar-refractivity contribution in [1.82, 2.24) is 0 Å². The van der Waals surface area contributed by atoms with Gasteiger partial charge in [-0.15, -0.1) is 0 Å². The van der Waals surface area contributed by atoms with Crippen molar-refractivity contribution in [3.63, 3.8) is 0 Å². The Hall–Kier alpha value is -2.69. The fraction of sp³-hybridized carbons (Fsp3) is 0.897. The average molecular weight is 829 g/mol. The predicted molar refractivity (Wildman–Crippen MR) is 195 cm³/mol. The summed E-state index contributed by atoms with van der Waals surface area (Å²) in [5, 5.41) is 0. The van der Waals surface area contributed by atoms with Gasteiger partial charge >= 0.3 is 41.9 Å². The third-order valence-electron chi connectivity index (χ3n) is 10.7. The molecule has 5 fully saturated rings. The van der Waals surface area contributed by atoms with E-state index in [1.165, 1.54) is 6.92 Å². The van der Waals surface area contributed by atoms with Gasteiger partial charge < -0.3 is 28.4 Å².